The van der Waals surface area contributed by atoms with Crippen molar-refractivity contribution in [3.63, 3.8) is 0 Å². The summed E-state index contributed by atoms with van der Waals surface area (Å²) in [5.74, 6) is -0.847. The van der Waals surface area contributed by atoms with E-state index >= 15 is 0 Å². The molecule has 6 nitrogen and oxygen atoms in total. The molecule has 1 N–H and O–H groups in total. The van der Waals surface area contributed by atoms with E-state index in [4.69, 9.17) is 9.52 Å². The summed E-state index contributed by atoms with van der Waals surface area (Å²) in [6.45, 7) is 2.09. The lowest BCUT2D eigenvalue weighted by Crippen LogP contribution is -2.47. The van der Waals surface area contributed by atoms with Gasteiger partial charge in [0.15, 0.2) is 5.89 Å². The van der Waals surface area contributed by atoms with Crippen LogP contribution in [0, 0.1) is 6.92 Å². The number of hydrogen-bond donors (Lipinski definition) is 1. The van der Waals surface area contributed by atoms with Crippen LogP contribution < -0.4 is 0 Å². The van der Waals surface area contributed by atoms with Crippen molar-refractivity contribution in [2.45, 2.75) is 32.2 Å². The lowest BCUT2D eigenvalue weighted by molar-refractivity contribution is -0.143. The Balaban J connectivity index is 2.19. The molecule has 92 valence electrons. The quantitative estimate of drug-likeness (QED) is 0.832. The molecular weight excluding hydrogens is 224 g/mol. The smallest absolute Gasteiger partial charge is 0.326 e. The molecule has 1 saturated heterocycles. The Morgan fingerprint density at radius 3 is 2.88 bits per heavy atom. The second-order valence-corrected chi connectivity index (χ2v) is 4.09. The Morgan fingerprint density at radius 2 is 2.29 bits per heavy atom. The standard InChI is InChI=1S/C11H14N2O4/c1-7-12-6-9(17-7)10(14)13-5-3-2-4-8(13)11(15)16/h6,8H,2-5H2,1H3,(H,15,16). The van der Waals surface area contributed by atoms with Gasteiger partial charge < -0.3 is 14.4 Å². The summed E-state index contributed by atoms with van der Waals surface area (Å²) in [6, 6.07) is -0.748. The first-order valence-corrected chi connectivity index (χ1v) is 5.56. The summed E-state index contributed by atoms with van der Waals surface area (Å²) in [4.78, 5) is 28.3. The fraction of sp³-hybridized carbons (Fsp3) is 0.545. The predicted molar refractivity (Wildman–Crippen MR) is 57.6 cm³/mol. The van der Waals surface area contributed by atoms with Crippen molar-refractivity contribution in [2.75, 3.05) is 6.54 Å². The van der Waals surface area contributed by atoms with Crippen LogP contribution in [0.1, 0.15) is 35.7 Å². The number of aliphatic carboxylic acids is 1. The van der Waals surface area contributed by atoms with Gasteiger partial charge in [0.1, 0.15) is 6.04 Å². The van der Waals surface area contributed by atoms with Crippen LogP contribution in [0.15, 0.2) is 10.6 Å². The topological polar surface area (TPSA) is 83.6 Å². The second-order valence-electron chi connectivity index (χ2n) is 4.09. The van der Waals surface area contributed by atoms with Crippen molar-refractivity contribution in [1.29, 1.82) is 0 Å². The molecule has 1 aromatic heterocycles. The van der Waals surface area contributed by atoms with Crippen LogP contribution in [0.5, 0.6) is 0 Å². The third-order valence-electron chi connectivity index (χ3n) is 2.88. The van der Waals surface area contributed by atoms with Crippen LogP contribution in [0.3, 0.4) is 0 Å². The molecule has 17 heavy (non-hydrogen) atoms. The monoisotopic (exact) mass is 238 g/mol. The van der Waals surface area contributed by atoms with Crippen molar-refractivity contribution in [1.82, 2.24) is 9.88 Å². The number of aromatic nitrogens is 1. The number of aryl methyl sites for hydroxylation is 1. The number of piperidine rings is 1. The van der Waals surface area contributed by atoms with Crippen LogP contribution in [0.25, 0.3) is 0 Å². The Hall–Kier alpha value is -1.85. The highest BCUT2D eigenvalue weighted by Crippen LogP contribution is 2.20. The SMILES string of the molecule is Cc1ncc(C(=O)N2CCCCC2C(=O)O)o1. The minimum atomic E-state index is -0.964. The molecule has 1 aliphatic heterocycles. The largest absolute Gasteiger partial charge is 0.480 e. The van der Waals surface area contributed by atoms with Gasteiger partial charge in [-0.2, -0.15) is 0 Å². The molecule has 2 rings (SSSR count). The first-order chi connectivity index (χ1) is 8.09. The van der Waals surface area contributed by atoms with Gasteiger partial charge >= 0.3 is 5.97 Å². The molecule has 0 spiro atoms. The highest BCUT2D eigenvalue weighted by molar-refractivity contribution is 5.94. The first-order valence-electron chi connectivity index (χ1n) is 5.56. The lowest BCUT2D eigenvalue weighted by atomic mass is 10.0. The fourth-order valence-corrected chi connectivity index (χ4v) is 2.03. The molecule has 1 unspecified atom stereocenters. The van der Waals surface area contributed by atoms with E-state index in [0.29, 0.717) is 18.9 Å². The molecule has 0 aliphatic carbocycles. The predicted octanol–water partition coefficient (Wildman–Crippen LogP) is 1.06. The number of amides is 1. The Bertz CT molecular complexity index is 440. The normalized spacial score (nSPS) is 20.3. The zero-order valence-electron chi connectivity index (χ0n) is 9.55. The average Bonchev–Trinajstić information content (AvgIpc) is 2.75. The number of carboxylic acid groups (broad SMARTS) is 1. The fourth-order valence-electron chi connectivity index (χ4n) is 2.03. The van der Waals surface area contributed by atoms with E-state index in [0.717, 1.165) is 12.8 Å². The summed E-state index contributed by atoms with van der Waals surface area (Å²) in [5, 5.41) is 9.07. The highest BCUT2D eigenvalue weighted by atomic mass is 16.4. The molecule has 1 amide bonds. The zero-order chi connectivity index (χ0) is 12.4. The number of rotatable bonds is 2. The van der Waals surface area contributed by atoms with E-state index in [2.05, 4.69) is 4.98 Å². The molecule has 2 heterocycles. The van der Waals surface area contributed by atoms with E-state index in [-0.39, 0.29) is 5.76 Å². The summed E-state index contributed by atoms with van der Waals surface area (Å²) in [7, 11) is 0. The molecule has 0 aromatic carbocycles. The number of carbonyl (C=O) groups is 2. The van der Waals surface area contributed by atoms with Gasteiger partial charge in [0.25, 0.3) is 5.91 Å². The van der Waals surface area contributed by atoms with Gasteiger partial charge in [0.2, 0.25) is 5.76 Å². The average molecular weight is 238 g/mol. The van der Waals surface area contributed by atoms with Crippen molar-refractivity contribution < 1.29 is 19.1 Å². The summed E-state index contributed by atoms with van der Waals surface area (Å²) < 4.78 is 5.13. The van der Waals surface area contributed by atoms with Gasteiger partial charge in [-0.3, -0.25) is 4.79 Å². The number of hydrogen-bond acceptors (Lipinski definition) is 4. The molecule has 1 atom stereocenters. The number of likely N-dealkylation sites (tertiary alicyclic amines) is 1. The minimum absolute atomic E-state index is 0.107. The van der Waals surface area contributed by atoms with Crippen LogP contribution in [-0.2, 0) is 4.79 Å². The van der Waals surface area contributed by atoms with Crippen molar-refractivity contribution in [3.8, 4) is 0 Å². The minimum Gasteiger partial charge on any atom is -0.480 e. The summed E-state index contributed by atoms with van der Waals surface area (Å²) in [6.07, 6.45) is 3.48. The number of carbonyl (C=O) groups excluding carboxylic acids is 1. The Morgan fingerprint density at radius 1 is 1.53 bits per heavy atom. The van der Waals surface area contributed by atoms with Crippen molar-refractivity contribution >= 4 is 11.9 Å². The molecule has 0 radical (unpaired) electrons. The van der Waals surface area contributed by atoms with Gasteiger partial charge in [-0.05, 0) is 19.3 Å². The highest BCUT2D eigenvalue weighted by Gasteiger charge is 2.33. The van der Waals surface area contributed by atoms with Crippen LogP contribution in [0.4, 0.5) is 0 Å². The molecule has 1 fully saturated rings. The molecular formula is C11H14N2O4. The van der Waals surface area contributed by atoms with E-state index in [1.807, 2.05) is 0 Å². The lowest BCUT2D eigenvalue weighted by Gasteiger charge is -2.32. The van der Waals surface area contributed by atoms with Gasteiger partial charge in [0, 0.05) is 13.5 Å². The van der Waals surface area contributed by atoms with Gasteiger partial charge in [0.05, 0.1) is 6.20 Å². The van der Waals surface area contributed by atoms with E-state index in [9.17, 15) is 9.59 Å². The molecule has 0 bridgehead atoms. The van der Waals surface area contributed by atoms with Crippen LogP contribution >= 0.6 is 0 Å². The Labute approximate surface area is 98.2 Å². The first kappa shape index (κ1) is 11.6. The maximum Gasteiger partial charge on any atom is 0.326 e. The number of oxazole rings is 1. The van der Waals surface area contributed by atoms with Crippen molar-refractivity contribution in [2.24, 2.45) is 0 Å². The number of carboxylic acids is 1. The van der Waals surface area contributed by atoms with Crippen LogP contribution in [0.2, 0.25) is 0 Å². The molecule has 6 heteroatoms. The van der Waals surface area contributed by atoms with E-state index in [1.54, 1.807) is 6.92 Å². The molecule has 1 aromatic rings. The van der Waals surface area contributed by atoms with E-state index in [1.165, 1.54) is 11.1 Å². The summed E-state index contributed by atoms with van der Waals surface area (Å²) >= 11 is 0. The van der Waals surface area contributed by atoms with E-state index < -0.39 is 17.9 Å². The third-order valence-corrected chi connectivity index (χ3v) is 2.88. The second kappa shape index (κ2) is 4.57. The zero-order valence-corrected chi connectivity index (χ0v) is 9.55. The Kier molecular flexibility index (Phi) is 3.12. The van der Waals surface area contributed by atoms with Gasteiger partial charge in [-0.15, -0.1) is 0 Å². The number of nitrogens with zero attached hydrogens (tertiary/aromatic N) is 2. The third kappa shape index (κ3) is 2.30. The maximum absolute atomic E-state index is 12.1. The molecule has 0 saturated carbocycles. The van der Waals surface area contributed by atoms with Gasteiger partial charge in [-0.25, -0.2) is 9.78 Å². The van der Waals surface area contributed by atoms with Crippen molar-refractivity contribution in [3.05, 3.63) is 17.8 Å². The van der Waals surface area contributed by atoms with Crippen LogP contribution in [-0.4, -0.2) is 39.5 Å². The summed E-state index contributed by atoms with van der Waals surface area (Å²) in [5.41, 5.74) is 0. The molecule has 1 aliphatic rings. The van der Waals surface area contributed by atoms with Gasteiger partial charge in [-0.1, -0.05) is 0 Å². The maximum atomic E-state index is 12.1.